The first-order chi connectivity index (χ1) is 6.90. The van der Waals surface area contributed by atoms with Gasteiger partial charge in [-0.3, -0.25) is 4.79 Å². The van der Waals surface area contributed by atoms with E-state index in [1.807, 2.05) is 26.8 Å². The summed E-state index contributed by atoms with van der Waals surface area (Å²) in [5.41, 5.74) is 5.78. The van der Waals surface area contributed by atoms with Crippen molar-refractivity contribution in [3.8, 4) is 6.07 Å². The van der Waals surface area contributed by atoms with Crippen molar-refractivity contribution < 1.29 is 4.79 Å². The molecule has 86 valence electrons. The van der Waals surface area contributed by atoms with Crippen molar-refractivity contribution in [2.75, 3.05) is 7.05 Å². The highest BCUT2D eigenvalue weighted by atomic mass is 16.2. The predicted octanol–water partition coefficient (Wildman–Crippen LogP) is 1.12. The van der Waals surface area contributed by atoms with Gasteiger partial charge in [0.05, 0.1) is 18.5 Å². The summed E-state index contributed by atoms with van der Waals surface area (Å²) in [6.45, 7) is 5.92. The van der Waals surface area contributed by atoms with Gasteiger partial charge in [-0.25, -0.2) is 0 Å². The number of amides is 1. The molecule has 2 atom stereocenters. The normalized spacial score (nSPS) is 14.5. The Bertz CT molecular complexity index is 245. The second-order valence-corrected chi connectivity index (χ2v) is 4.40. The first kappa shape index (κ1) is 13.9. The van der Waals surface area contributed by atoms with Gasteiger partial charge in [0, 0.05) is 13.1 Å². The highest BCUT2D eigenvalue weighted by Crippen LogP contribution is 2.08. The number of hydrogen-bond acceptors (Lipinski definition) is 3. The predicted molar refractivity (Wildman–Crippen MR) is 59.9 cm³/mol. The Kier molecular flexibility index (Phi) is 5.95. The summed E-state index contributed by atoms with van der Waals surface area (Å²) >= 11 is 0. The molecule has 0 fully saturated rings. The van der Waals surface area contributed by atoms with Crippen LogP contribution in [0.15, 0.2) is 0 Å². The average Bonchev–Trinajstić information content (AvgIpc) is 2.14. The van der Waals surface area contributed by atoms with E-state index in [-0.39, 0.29) is 11.9 Å². The number of hydrogen-bond donors (Lipinski definition) is 1. The topological polar surface area (TPSA) is 70.1 Å². The van der Waals surface area contributed by atoms with E-state index in [1.54, 1.807) is 11.9 Å². The molecule has 0 spiro atoms. The zero-order valence-electron chi connectivity index (χ0n) is 10.0. The van der Waals surface area contributed by atoms with Gasteiger partial charge in [0.15, 0.2) is 0 Å². The summed E-state index contributed by atoms with van der Waals surface area (Å²) in [6.07, 6.45) is 1.03. The van der Waals surface area contributed by atoms with Crippen LogP contribution in [-0.4, -0.2) is 29.9 Å². The van der Waals surface area contributed by atoms with Gasteiger partial charge in [-0.1, -0.05) is 13.8 Å². The summed E-state index contributed by atoms with van der Waals surface area (Å²) in [5, 5.41) is 8.53. The standard InChI is InChI=1S/C11H21N3O/c1-8(2)7-10(13)11(15)14(4)9(3)5-6-12/h8-10H,5,7,13H2,1-4H3. The zero-order valence-corrected chi connectivity index (χ0v) is 10.0. The van der Waals surface area contributed by atoms with E-state index in [0.29, 0.717) is 18.8 Å². The van der Waals surface area contributed by atoms with Crippen LogP contribution in [-0.2, 0) is 4.79 Å². The van der Waals surface area contributed by atoms with E-state index in [2.05, 4.69) is 0 Å². The molecule has 0 aromatic rings. The lowest BCUT2D eigenvalue weighted by atomic mass is 10.0. The van der Waals surface area contributed by atoms with Crippen LogP contribution in [0.5, 0.6) is 0 Å². The summed E-state index contributed by atoms with van der Waals surface area (Å²) in [4.78, 5) is 13.4. The smallest absolute Gasteiger partial charge is 0.239 e. The molecule has 0 aliphatic heterocycles. The van der Waals surface area contributed by atoms with Crippen LogP contribution >= 0.6 is 0 Å². The molecule has 0 aromatic carbocycles. The van der Waals surface area contributed by atoms with E-state index in [0.717, 1.165) is 0 Å². The van der Waals surface area contributed by atoms with Crippen LogP contribution in [0.3, 0.4) is 0 Å². The fraction of sp³-hybridized carbons (Fsp3) is 0.818. The fourth-order valence-corrected chi connectivity index (χ4v) is 1.36. The number of nitriles is 1. The van der Waals surface area contributed by atoms with Gasteiger partial charge in [0.1, 0.15) is 0 Å². The van der Waals surface area contributed by atoms with E-state index < -0.39 is 6.04 Å². The first-order valence-corrected chi connectivity index (χ1v) is 5.29. The third-order valence-electron chi connectivity index (χ3n) is 2.44. The second-order valence-electron chi connectivity index (χ2n) is 4.40. The molecule has 15 heavy (non-hydrogen) atoms. The molecule has 0 bridgehead atoms. The van der Waals surface area contributed by atoms with Crippen molar-refractivity contribution in [1.29, 1.82) is 5.26 Å². The van der Waals surface area contributed by atoms with Crippen molar-refractivity contribution in [1.82, 2.24) is 4.90 Å². The lowest BCUT2D eigenvalue weighted by Crippen LogP contribution is -2.46. The van der Waals surface area contributed by atoms with Crippen molar-refractivity contribution in [2.24, 2.45) is 11.7 Å². The molecule has 0 radical (unpaired) electrons. The van der Waals surface area contributed by atoms with E-state index in [4.69, 9.17) is 11.0 Å². The lowest BCUT2D eigenvalue weighted by Gasteiger charge is -2.26. The van der Waals surface area contributed by atoms with Gasteiger partial charge in [0.2, 0.25) is 5.91 Å². The van der Waals surface area contributed by atoms with Crippen molar-refractivity contribution in [2.45, 2.75) is 45.7 Å². The largest absolute Gasteiger partial charge is 0.341 e. The summed E-state index contributed by atoms with van der Waals surface area (Å²) in [7, 11) is 1.70. The van der Waals surface area contributed by atoms with Crippen LogP contribution in [0.25, 0.3) is 0 Å². The molecule has 4 heteroatoms. The Balaban J connectivity index is 4.25. The Morgan fingerprint density at radius 3 is 2.40 bits per heavy atom. The monoisotopic (exact) mass is 211 g/mol. The molecule has 0 aromatic heterocycles. The molecule has 1 amide bonds. The van der Waals surface area contributed by atoms with Crippen LogP contribution in [0, 0.1) is 17.2 Å². The van der Waals surface area contributed by atoms with Gasteiger partial charge in [-0.2, -0.15) is 5.26 Å². The number of likely N-dealkylation sites (N-methyl/N-ethyl adjacent to an activating group) is 1. The Hall–Kier alpha value is -1.08. The van der Waals surface area contributed by atoms with E-state index in [1.165, 1.54) is 0 Å². The van der Waals surface area contributed by atoms with Crippen LogP contribution < -0.4 is 5.73 Å². The maximum Gasteiger partial charge on any atom is 0.239 e. The highest BCUT2D eigenvalue weighted by molar-refractivity contribution is 5.81. The number of carbonyl (C=O) groups is 1. The third-order valence-corrected chi connectivity index (χ3v) is 2.44. The van der Waals surface area contributed by atoms with Crippen molar-refractivity contribution in [3.05, 3.63) is 0 Å². The molecule has 2 unspecified atom stereocenters. The molecule has 2 N–H and O–H groups in total. The van der Waals surface area contributed by atoms with Crippen molar-refractivity contribution in [3.63, 3.8) is 0 Å². The SMILES string of the molecule is CC(C)CC(N)C(=O)N(C)C(C)CC#N. The van der Waals surface area contributed by atoms with E-state index in [9.17, 15) is 4.79 Å². The summed E-state index contributed by atoms with van der Waals surface area (Å²) < 4.78 is 0. The minimum Gasteiger partial charge on any atom is -0.341 e. The van der Waals surface area contributed by atoms with Gasteiger partial charge < -0.3 is 10.6 Å². The van der Waals surface area contributed by atoms with Crippen LogP contribution in [0.4, 0.5) is 0 Å². The molecule has 0 aliphatic rings. The van der Waals surface area contributed by atoms with Crippen LogP contribution in [0.2, 0.25) is 0 Å². The maximum absolute atomic E-state index is 11.8. The van der Waals surface area contributed by atoms with Crippen LogP contribution in [0.1, 0.15) is 33.6 Å². The number of nitrogens with zero attached hydrogens (tertiary/aromatic N) is 2. The number of rotatable bonds is 5. The first-order valence-electron chi connectivity index (χ1n) is 5.29. The third kappa shape index (κ3) is 4.80. The fourth-order valence-electron chi connectivity index (χ4n) is 1.36. The quantitative estimate of drug-likeness (QED) is 0.740. The molecule has 0 heterocycles. The number of nitrogens with two attached hydrogens (primary N) is 1. The van der Waals surface area contributed by atoms with Gasteiger partial charge >= 0.3 is 0 Å². The molecule has 0 saturated carbocycles. The van der Waals surface area contributed by atoms with E-state index >= 15 is 0 Å². The molecule has 0 rings (SSSR count). The second kappa shape index (κ2) is 6.41. The average molecular weight is 211 g/mol. The minimum atomic E-state index is -0.448. The van der Waals surface area contributed by atoms with Gasteiger partial charge in [-0.15, -0.1) is 0 Å². The molecule has 0 saturated heterocycles. The summed E-state index contributed by atoms with van der Waals surface area (Å²) in [6, 6.07) is 1.53. The summed E-state index contributed by atoms with van der Waals surface area (Å²) in [5.74, 6) is 0.329. The molecule has 0 aliphatic carbocycles. The highest BCUT2D eigenvalue weighted by Gasteiger charge is 2.22. The van der Waals surface area contributed by atoms with Gasteiger partial charge in [-0.05, 0) is 19.3 Å². The number of carbonyl (C=O) groups excluding carboxylic acids is 1. The maximum atomic E-state index is 11.8. The van der Waals surface area contributed by atoms with Crippen molar-refractivity contribution >= 4 is 5.91 Å². The molecular weight excluding hydrogens is 190 g/mol. The molecule has 4 nitrogen and oxygen atoms in total. The zero-order chi connectivity index (χ0) is 12.0. The Morgan fingerprint density at radius 2 is 2.00 bits per heavy atom. The Labute approximate surface area is 92.0 Å². The van der Waals surface area contributed by atoms with Gasteiger partial charge in [0.25, 0.3) is 0 Å². The molecular formula is C11H21N3O. The Morgan fingerprint density at radius 1 is 1.47 bits per heavy atom. The lowest BCUT2D eigenvalue weighted by molar-refractivity contribution is -0.133. The minimum absolute atomic E-state index is 0.0688.